The second-order valence-corrected chi connectivity index (χ2v) is 5.24. The molecule has 4 nitrogen and oxygen atoms in total. The molecule has 1 aliphatic heterocycles. The van der Waals surface area contributed by atoms with Crippen molar-refractivity contribution in [1.29, 1.82) is 0 Å². The lowest BCUT2D eigenvalue weighted by molar-refractivity contribution is -0.149. The third kappa shape index (κ3) is 2.69. The van der Waals surface area contributed by atoms with Crippen LogP contribution in [-0.4, -0.2) is 28.8 Å². The Labute approximate surface area is 120 Å². The molecule has 4 heteroatoms. The highest BCUT2D eigenvalue weighted by Crippen LogP contribution is 2.19. The summed E-state index contributed by atoms with van der Waals surface area (Å²) in [6.07, 6.45) is 1.56. The van der Waals surface area contributed by atoms with Crippen molar-refractivity contribution >= 4 is 11.8 Å². The topological polar surface area (TPSA) is 49.4 Å². The van der Waals surface area contributed by atoms with E-state index in [-0.39, 0.29) is 17.9 Å². The van der Waals surface area contributed by atoms with E-state index < -0.39 is 6.04 Å². The van der Waals surface area contributed by atoms with Crippen LogP contribution in [0.4, 0.5) is 0 Å². The van der Waals surface area contributed by atoms with Gasteiger partial charge in [-0.25, -0.2) is 0 Å². The van der Waals surface area contributed by atoms with E-state index in [0.717, 1.165) is 12.0 Å². The lowest BCUT2D eigenvalue weighted by Gasteiger charge is -2.37. The van der Waals surface area contributed by atoms with E-state index in [0.29, 0.717) is 13.0 Å². The van der Waals surface area contributed by atoms with Crippen LogP contribution >= 0.6 is 0 Å². The zero-order valence-electron chi connectivity index (χ0n) is 12.3. The summed E-state index contributed by atoms with van der Waals surface area (Å²) in [6, 6.07) is 7.31. The largest absolute Gasteiger partial charge is 0.343 e. The molecule has 0 spiro atoms. The van der Waals surface area contributed by atoms with Crippen LogP contribution in [0.1, 0.15) is 38.3 Å². The second-order valence-electron chi connectivity index (χ2n) is 5.24. The number of amides is 2. The molecule has 1 aromatic carbocycles. The van der Waals surface area contributed by atoms with Crippen molar-refractivity contribution in [1.82, 2.24) is 10.2 Å². The number of carbonyl (C=O) groups is 2. The van der Waals surface area contributed by atoms with Crippen molar-refractivity contribution in [2.24, 2.45) is 0 Å². The van der Waals surface area contributed by atoms with Gasteiger partial charge in [0, 0.05) is 6.54 Å². The van der Waals surface area contributed by atoms with Crippen LogP contribution in [0.3, 0.4) is 0 Å². The summed E-state index contributed by atoms with van der Waals surface area (Å²) in [5, 5.41) is 2.74. The minimum atomic E-state index is -0.431. The van der Waals surface area contributed by atoms with Gasteiger partial charge in [0.15, 0.2) is 0 Å². The fraction of sp³-hybridized carbons (Fsp3) is 0.500. The number of aryl methyl sites for hydroxylation is 1. The molecule has 0 bridgehead atoms. The Balaban J connectivity index is 2.28. The van der Waals surface area contributed by atoms with E-state index >= 15 is 0 Å². The van der Waals surface area contributed by atoms with Crippen LogP contribution in [0, 0.1) is 0 Å². The summed E-state index contributed by atoms with van der Waals surface area (Å²) in [7, 11) is 0. The molecule has 0 aromatic heterocycles. The SMILES string of the molecule is CCc1ccccc1CN1C(=O)C(C)NC(=O)C1CC. The molecule has 1 fully saturated rings. The molecular formula is C16H22N2O2. The molecule has 1 saturated heterocycles. The van der Waals surface area contributed by atoms with Gasteiger partial charge in [-0.2, -0.15) is 0 Å². The predicted octanol–water partition coefficient (Wildman–Crippen LogP) is 1.87. The second kappa shape index (κ2) is 6.07. The normalized spacial score (nSPS) is 22.9. The first-order valence-electron chi connectivity index (χ1n) is 7.26. The van der Waals surface area contributed by atoms with Gasteiger partial charge in [-0.05, 0) is 30.9 Å². The van der Waals surface area contributed by atoms with E-state index in [1.165, 1.54) is 5.56 Å². The summed E-state index contributed by atoms with van der Waals surface area (Å²) in [4.78, 5) is 26.1. The van der Waals surface area contributed by atoms with Gasteiger partial charge in [-0.15, -0.1) is 0 Å². The van der Waals surface area contributed by atoms with Crippen LogP contribution < -0.4 is 5.32 Å². The highest BCUT2D eigenvalue weighted by molar-refractivity contribution is 5.96. The molecule has 1 aliphatic rings. The average molecular weight is 274 g/mol. The summed E-state index contributed by atoms with van der Waals surface area (Å²) in [5.41, 5.74) is 2.36. The van der Waals surface area contributed by atoms with Gasteiger partial charge in [-0.3, -0.25) is 9.59 Å². The highest BCUT2D eigenvalue weighted by atomic mass is 16.2. The Morgan fingerprint density at radius 2 is 1.80 bits per heavy atom. The van der Waals surface area contributed by atoms with E-state index in [1.807, 2.05) is 25.1 Å². The highest BCUT2D eigenvalue weighted by Gasteiger charge is 2.37. The van der Waals surface area contributed by atoms with E-state index in [9.17, 15) is 9.59 Å². The first-order chi connectivity index (χ1) is 9.58. The molecule has 1 N–H and O–H groups in total. The fourth-order valence-electron chi connectivity index (χ4n) is 2.75. The van der Waals surface area contributed by atoms with Gasteiger partial charge in [0.2, 0.25) is 11.8 Å². The molecule has 2 unspecified atom stereocenters. The lowest BCUT2D eigenvalue weighted by atomic mass is 10.0. The predicted molar refractivity (Wildman–Crippen MR) is 78.1 cm³/mol. The maximum atomic E-state index is 12.4. The monoisotopic (exact) mass is 274 g/mol. The minimum Gasteiger partial charge on any atom is -0.343 e. The number of hydrogen-bond acceptors (Lipinski definition) is 2. The van der Waals surface area contributed by atoms with Gasteiger partial charge in [-0.1, -0.05) is 38.1 Å². The lowest BCUT2D eigenvalue weighted by Crippen LogP contribution is -2.61. The van der Waals surface area contributed by atoms with E-state index in [2.05, 4.69) is 18.3 Å². The van der Waals surface area contributed by atoms with Crippen LogP contribution in [0.25, 0.3) is 0 Å². The molecule has 0 saturated carbocycles. The zero-order chi connectivity index (χ0) is 14.7. The molecule has 0 aliphatic carbocycles. The molecule has 2 rings (SSSR count). The fourth-order valence-corrected chi connectivity index (χ4v) is 2.75. The molecule has 20 heavy (non-hydrogen) atoms. The maximum absolute atomic E-state index is 12.4. The summed E-state index contributed by atoms with van der Waals surface area (Å²) in [6.45, 7) is 6.29. The number of benzene rings is 1. The Morgan fingerprint density at radius 3 is 2.40 bits per heavy atom. The van der Waals surface area contributed by atoms with Crippen molar-refractivity contribution in [3.63, 3.8) is 0 Å². The first kappa shape index (κ1) is 14.6. The minimum absolute atomic E-state index is 0.00218. The Hall–Kier alpha value is -1.84. The Bertz CT molecular complexity index is 513. The van der Waals surface area contributed by atoms with Crippen molar-refractivity contribution in [3.8, 4) is 0 Å². The van der Waals surface area contributed by atoms with Crippen molar-refractivity contribution in [2.75, 3.05) is 0 Å². The molecule has 2 amide bonds. The van der Waals surface area contributed by atoms with E-state index in [1.54, 1.807) is 11.8 Å². The van der Waals surface area contributed by atoms with Crippen LogP contribution in [0.2, 0.25) is 0 Å². The van der Waals surface area contributed by atoms with Crippen LogP contribution in [0.5, 0.6) is 0 Å². The van der Waals surface area contributed by atoms with Gasteiger partial charge in [0.25, 0.3) is 0 Å². The molecule has 2 atom stereocenters. The molecule has 0 radical (unpaired) electrons. The van der Waals surface area contributed by atoms with Crippen molar-refractivity contribution < 1.29 is 9.59 Å². The molecule has 1 heterocycles. The summed E-state index contributed by atoms with van der Waals surface area (Å²) < 4.78 is 0. The third-order valence-corrected chi connectivity index (χ3v) is 3.92. The maximum Gasteiger partial charge on any atom is 0.245 e. The number of nitrogens with zero attached hydrogens (tertiary/aromatic N) is 1. The number of nitrogens with one attached hydrogen (secondary N) is 1. The Morgan fingerprint density at radius 1 is 1.15 bits per heavy atom. The number of rotatable bonds is 4. The van der Waals surface area contributed by atoms with Crippen LogP contribution in [0.15, 0.2) is 24.3 Å². The Kier molecular flexibility index (Phi) is 4.42. The quantitative estimate of drug-likeness (QED) is 0.911. The van der Waals surface area contributed by atoms with Crippen LogP contribution in [-0.2, 0) is 22.6 Å². The average Bonchev–Trinajstić information content (AvgIpc) is 2.45. The van der Waals surface area contributed by atoms with Crippen molar-refractivity contribution in [3.05, 3.63) is 35.4 Å². The summed E-state index contributed by atoms with van der Waals surface area (Å²) in [5.74, 6) is -0.0454. The standard InChI is InChI=1S/C16H22N2O2/c1-4-12-8-6-7-9-13(12)10-18-14(5-2)15(19)17-11(3)16(18)20/h6-9,11,14H,4-5,10H2,1-3H3,(H,17,19). The first-order valence-corrected chi connectivity index (χ1v) is 7.26. The van der Waals surface area contributed by atoms with Crippen molar-refractivity contribution in [2.45, 2.75) is 52.2 Å². The van der Waals surface area contributed by atoms with E-state index in [4.69, 9.17) is 0 Å². The van der Waals surface area contributed by atoms with Gasteiger partial charge >= 0.3 is 0 Å². The molecule has 1 aromatic rings. The van der Waals surface area contributed by atoms with Gasteiger partial charge < -0.3 is 10.2 Å². The molecule has 108 valence electrons. The number of carbonyl (C=O) groups excluding carboxylic acids is 2. The number of piperazine rings is 1. The summed E-state index contributed by atoms with van der Waals surface area (Å²) >= 11 is 0. The molecular weight excluding hydrogens is 252 g/mol. The van der Waals surface area contributed by atoms with Gasteiger partial charge in [0.1, 0.15) is 12.1 Å². The third-order valence-electron chi connectivity index (χ3n) is 3.92. The number of hydrogen-bond donors (Lipinski definition) is 1. The zero-order valence-corrected chi connectivity index (χ0v) is 12.3. The smallest absolute Gasteiger partial charge is 0.245 e. The van der Waals surface area contributed by atoms with Gasteiger partial charge in [0.05, 0.1) is 0 Å².